The van der Waals surface area contributed by atoms with Gasteiger partial charge in [0.25, 0.3) is 0 Å². The Bertz CT molecular complexity index is 1170. The van der Waals surface area contributed by atoms with E-state index in [2.05, 4.69) is 20.3 Å². The van der Waals surface area contributed by atoms with Crippen molar-refractivity contribution >= 4 is 42.7 Å². The van der Waals surface area contributed by atoms with Crippen LogP contribution in [0.1, 0.15) is 12.8 Å². The van der Waals surface area contributed by atoms with E-state index in [0.717, 1.165) is 21.5 Å². The molecule has 160 valence electrons. The van der Waals surface area contributed by atoms with Gasteiger partial charge in [0, 0.05) is 38.8 Å². The highest BCUT2D eigenvalue weighted by atomic mass is 32.2. The number of hydrogen-bond acceptors (Lipinski definition) is 8. The molecule has 0 spiro atoms. The highest BCUT2D eigenvalue weighted by Crippen LogP contribution is 2.31. The number of fused-ring (bicyclic) bond motifs is 1. The molecule has 1 N–H and O–H groups in total. The Balaban J connectivity index is 1.54. The highest BCUT2D eigenvalue weighted by Gasteiger charge is 2.25. The Labute approximate surface area is 178 Å². The molecular formula is C19H23FN6O2S2. The molecule has 1 aliphatic rings. The fourth-order valence-corrected chi connectivity index (χ4v) is 5.15. The zero-order valence-corrected chi connectivity index (χ0v) is 18.6. The molecule has 3 heterocycles. The number of piperidine rings is 1. The standard InChI is InChI=1S/C19H23FN6O2S2/c1-25(2)19-23-15-10-12(4-5-16(15)29-19)17-14(20)11-21-18(24-17)22-13-6-8-26(9-7-13)30(3,27)28/h4-5,10-11,13H,6-9H2,1-3H3,(H,21,22,24). The summed E-state index contributed by atoms with van der Waals surface area (Å²) in [5, 5.41) is 4.10. The van der Waals surface area contributed by atoms with E-state index in [4.69, 9.17) is 0 Å². The van der Waals surface area contributed by atoms with Gasteiger partial charge in [-0.05, 0) is 25.0 Å². The summed E-state index contributed by atoms with van der Waals surface area (Å²) >= 11 is 1.57. The third-order valence-corrected chi connectivity index (χ3v) is 7.54. The minimum atomic E-state index is -3.18. The molecule has 4 rings (SSSR count). The number of thiazole rings is 1. The van der Waals surface area contributed by atoms with Gasteiger partial charge < -0.3 is 10.2 Å². The zero-order chi connectivity index (χ0) is 21.5. The number of hydrogen-bond donors (Lipinski definition) is 1. The first-order chi connectivity index (χ1) is 14.2. The van der Waals surface area contributed by atoms with Gasteiger partial charge in [0.05, 0.1) is 22.7 Å². The van der Waals surface area contributed by atoms with E-state index in [1.165, 1.54) is 10.6 Å². The molecule has 0 atom stereocenters. The van der Waals surface area contributed by atoms with Crippen LogP contribution in [0.15, 0.2) is 24.4 Å². The van der Waals surface area contributed by atoms with Crippen molar-refractivity contribution in [2.75, 3.05) is 43.7 Å². The molecule has 1 aliphatic heterocycles. The van der Waals surface area contributed by atoms with Crippen molar-refractivity contribution in [3.05, 3.63) is 30.2 Å². The number of anilines is 2. The summed E-state index contributed by atoms with van der Waals surface area (Å²) in [7, 11) is 0.688. The maximum atomic E-state index is 14.5. The molecule has 0 bridgehead atoms. The second-order valence-electron chi connectivity index (χ2n) is 7.54. The Morgan fingerprint density at radius 2 is 1.97 bits per heavy atom. The molecule has 8 nitrogen and oxygen atoms in total. The SMILES string of the molecule is CN(C)c1nc2cc(-c3nc(NC4CCN(S(C)(=O)=O)CC4)ncc3F)ccc2s1. The van der Waals surface area contributed by atoms with E-state index < -0.39 is 15.8 Å². The van der Waals surface area contributed by atoms with Crippen molar-refractivity contribution in [1.82, 2.24) is 19.3 Å². The second kappa shape index (κ2) is 8.05. The first-order valence-corrected chi connectivity index (χ1v) is 12.2. The molecule has 30 heavy (non-hydrogen) atoms. The minimum absolute atomic E-state index is 0.0324. The van der Waals surface area contributed by atoms with Crippen LogP contribution >= 0.6 is 11.3 Å². The third-order valence-electron chi connectivity index (χ3n) is 5.03. The van der Waals surface area contributed by atoms with Gasteiger partial charge in [-0.3, -0.25) is 0 Å². The van der Waals surface area contributed by atoms with Crippen LogP contribution in [0.2, 0.25) is 0 Å². The van der Waals surface area contributed by atoms with E-state index >= 15 is 0 Å². The minimum Gasteiger partial charge on any atom is -0.354 e. The Kier molecular flexibility index (Phi) is 5.60. The number of nitrogens with zero attached hydrogens (tertiary/aromatic N) is 5. The van der Waals surface area contributed by atoms with Gasteiger partial charge in [0.15, 0.2) is 10.9 Å². The lowest BCUT2D eigenvalue weighted by atomic mass is 10.1. The fourth-order valence-electron chi connectivity index (χ4n) is 3.41. The molecule has 0 radical (unpaired) electrons. The molecule has 2 aromatic heterocycles. The third kappa shape index (κ3) is 4.37. The van der Waals surface area contributed by atoms with Gasteiger partial charge in [-0.15, -0.1) is 0 Å². The molecule has 0 saturated carbocycles. The van der Waals surface area contributed by atoms with E-state index in [9.17, 15) is 12.8 Å². The van der Waals surface area contributed by atoms with E-state index in [0.29, 0.717) is 37.4 Å². The van der Waals surface area contributed by atoms with E-state index in [-0.39, 0.29) is 11.7 Å². The van der Waals surface area contributed by atoms with Crippen LogP contribution in [0.4, 0.5) is 15.5 Å². The van der Waals surface area contributed by atoms with Crippen molar-refractivity contribution < 1.29 is 12.8 Å². The summed E-state index contributed by atoms with van der Waals surface area (Å²) in [4.78, 5) is 15.0. The van der Waals surface area contributed by atoms with E-state index in [1.54, 1.807) is 11.3 Å². The van der Waals surface area contributed by atoms with Gasteiger partial charge >= 0.3 is 0 Å². The largest absolute Gasteiger partial charge is 0.354 e. The summed E-state index contributed by atoms with van der Waals surface area (Å²) in [5.41, 5.74) is 1.64. The van der Waals surface area contributed by atoms with Crippen LogP contribution in [-0.2, 0) is 10.0 Å². The lowest BCUT2D eigenvalue weighted by Gasteiger charge is -2.30. The Hall–Kier alpha value is -2.37. The molecule has 11 heteroatoms. The first kappa shape index (κ1) is 20.9. The number of halogens is 1. The quantitative estimate of drug-likeness (QED) is 0.639. The van der Waals surface area contributed by atoms with Crippen molar-refractivity contribution in [2.45, 2.75) is 18.9 Å². The van der Waals surface area contributed by atoms with Crippen molar-refractivity contribution in [3.63, 3.8) is 0 Å². The first-order valence-electron chi connectivity index (χ1n) is 9.53. The van der Waals surface area contributed by atoms with Crippen LogP contribution in [0.25, 0.3) is 21.5 Å². The van der Waals surface area contributed by atoms with Crippen LogP contribution in [-0.4, -0.2) is 67.2 Å². The molecule has 0 amide bonds. The Morgan fingerprint density at radius 3 is 2.63 bits per heavy atom. The molecule has 3 aromatic rings. The van der Waals surface area contributed by atoms with Gasteiger partial charge in [-0.25, -0.2) is 32.1 Å². The number of benzene rings is 1. The zero-order valence-electron chi connectivity index (χ0n) is 17.0. The van der Waals surface area contributed by atoms with Crippen LogP contribution in [0.3, 0.4) is 0 Å². The number of nitrogens with one attached hydrogen (secondary N) is 1. The number of rotatable bonds is 5. The predicted molar refractivity (Wildman–Crippen MR) is 118 cm³/mol. The smallest absolute Gasteiger partial charge is 0.223 e. The topological polar surface area (TPSA) is 91.3 Å². The van der Waals surface area contributed by atoms with Gasteiger partial charge in [-0.2, -0.15) is 0 Å². The average Bonchev–Trinajstić information content (AvgIpc) is 3.13. The van der Waals surface area contributed by atoms with Crippen LogP contribution < -0.4 is 10.2 Å². The van der Waals surface area contributed by atoms with Crippen molar-refractivity contribution in [3.8, 4) is 11.3 Å². The predicted octanol–water partition coefficient (Wildman–Crippen LogP) is 2.79. The van der Waals surface area contributed by atoms with Crippen LogP contribution in [0.5, 0.6) is 0 Å². The summed E-state index contributed by atoms with van der Waals surface area (Å²) in [6, 6.07) is 5.62. The summed E-state index contributed by atoms with van der Waals surface area (Å²) < 4.78 is 40.3. The van der Waals surface area contributed by atoms with Crippen molar-refractivity contribution in [2.24, 2.45) is 0 Å². The van der Waals surface area contributed by atoms with E-state index in [1.807, 2.05) is 37.2 Å². The average molecular weight is 451 g/mol. The van der Waals surface area contributed by atoms with Gasteiger partial charge in [0.1, 0.15) is 5.69 Å². The monoisotopic (exact) mass is 450 g/mol. The maximum absolute atomic E-state index is 14.5. The van der Waals surface area contributed by atoms with Gasteiger partial charge in [-0.1, -0.05) is 17.4 Å². The number of aromatic nitrogens is 3. The fraction of sp³-hybridized carbons (Fsp3) is 0.421. The van der Waals surface area contributed by atoms with Crippen LogP contribution in [0, 0.1) is 5.82 Å². The lowest BCUT2D eigenvalue weighted by molar-refractivity contribution is 0.331. The number of sulfonamides is 1. The molecular weight excluding hydrogens is 427 g/mol. The Morgan fingerprint density at radius 1 is 1.23 bits per heavy atom. The lowest BCUT2D eigenvalue weighted by Crippen LogP contribution is -2.42. The second-order valence-corrected chi connectivity index (χ2v) is 10.5. The maximum Gasteiger partial charge on any atom is 0.223 e. The molecule has 1 aromatic carbocycles. The normalized spacial score (nSPS) is 16.1. The molecule has 1 fully saturated rings. The molecule has 0 unspecified atom stereocenters. The summed E-state index contributed by atoms with van der Waals surface area (Å²) in [6.07, 6.45) is 3.66. The van der Waals surface area contributed by atoms with Crippen molar-refractivity contribution in [1.29, 1.82) is 0 Å². The molecule has 1 saturated heterocycles. The summed E-state index contributed by atoms with van der Waals surface area (Å²) in [6.45, 7) is 0.887. The highest BCUT2D eigenvalue weighted by molar-refractivity contribution is 7.88. The summed E-state index contributed by atoms with van der Waals surface area (Å²) in [5.74, 6) is -0.175. The van der Waals surface area contributed by atoms with Gasteiger partial charge in [0.2, 0.25) is 16.0 Å². The molecule has 0 aliphatic carbocycles.